The number of benzene rings is 2. The van der Waals surface area contributed by atoms with Crippen LogP contribution in [0.3, 0.4) is 0 Å². The van der Waals surface area contributed by atoms with Crippen molar-refractivity contribution >= 4 is 15.7 Å². The molecule has 0 amide bonds. The van der Waals surface area contributed by atoms with Crippen molar-refractivity contribution in [2.45, 2.75) is 36.6 Å². The van der Waals surface area contributed by atoms with Crippen LogP contribution >= 0.6 is 0 Å². The van der Waals surface area contributed by atoms with Gasteiger partial charge in [-0.25, -0.2) is 12.8 Å². The minimum atomic E-state index is -4.90. The second-order valence-corrected chi connectivity index (χ2v) is 9.71. The van der Waals surface area contributed by atoms with E-state index < -0.39 is 39.2 Å². The molecule has 6 nitrogen and oxygen atoms in total. The van der Waals surface area contributed by atoms with E-state index in [-0.39, 0.29) is 11.4 Å². The van der Waals surface area contributed by atoms with E-state index in [0.29, 0.717) is 31.5 Å². The van der Waals surface area contributed by atoms with Crippen LogP contribution in [0.2, 0.25) is 0 Å². The van der Waals surface area contributed by atoms with E-state index in [1.807, 2.05) is 4.90 Å². The van der Waals surface area contributed by atoms with Crippen molar-refractivity contribution in [3.8, 4) is 5.75 Å². The molecule has 1 unspecified atom stereocenters. The van der Waals surface area contributed by atoms with Gasteiger partial charge in [0.25, 0.3) is 0 Å². The summed E-state index contributed by atoms with van der Waals surface area (Å²) in [4.78, 5) is 1.72. The average Bonchev–Trinajstić information content (AvgIpc) is 2.72. The Balaban J connectivity index is 1.81. The first-order valence-electron chi connectivity index (χ1n) is 9.79. The molecule has 2 aromatic carbocycles. The highest BCUT2D eigenvalue weighted by molar-refractivity contribution is 7.89. The molecular formula is C21H24F4N2O4S. The van der Waals surface area contributed by atoms with Gasteiger partial charge in [0.1, 0.15) is 11.6 Å². The number of aliphatic hydroxyl groups is 1. The number of methoxy groups -OCH3 is 1. The van der Waals surface area contributed by atoms with Crippen molar-refractivity contribution in [3.63, 3.8) is 0 Å². The van der Waals surface area contributed by atoms with Crippen molar-refractivity contribution in [1.82, 2.24) is 4.31 Å². The van der Waals surface area contributed by atoms with Crippen molar-refractivity contribution in [1.29, 1.82) is 0 Å². The fourth-order valence-corrected chi connectivity index (χ4v) is 5.29. The molecule has 1 aliphatic heterocycles. The van der Waals surface area contributed by atoms with Gasteiger partial charge in [0, 0.05) is 31.7 Å². The molecule has 11 heteroatoms. The summed E-state index contributed by atoms with van der Waals surface area (Å²) in [5.74, 6) is -0.117. The van der Waals surface area contributed by atoms with Crippen LogP contribution in [0.1, 0.15) is 19.4 Å². The monoisotopic (exact) mass is 476 g/mol. The fourth-order valence-electron chi connectivity index (χ4n) is 3.68. The second kappa shape index (κ2) is 8.53. The van der Waals surface area contributed by atoms with Gasteiger partial charge in [-0.15, -0.1) is 0 Å². The molecule has 2 atom stereocenters. The molecular weight excluding hydrogens is 452 g/mol. The first-order chi connectivity index (χ1) is 14.8. The van der Waals surface area contributed by atoms with Crippen LogP contribution in [-0.4, -0.2) is 56.8 Å². The van der Waals surface area contributed by atoms with Crippen molar-refractivity contribution in [2.75, 3.05) is 31.6 Å². The molecule has 0 saturated carbocycles. The van der Waals surface area contributed by atoms with Gasteiger partial charge in [-0.1, -0.05) is 12.1 Å². The summed E-state index contributed by atoms with van der Waals surface area (Å²) in [6.07, 6.45) is -4.90. The van der Waals surface area contributed by atoms with E-state index in [1.165, 1.54) is 23.5 Å². The minimum Gasteiger partial charge on any atom is -0.494 e. The first-order valence-corrected chi connectivity index (χ1v) is 11.2. The lowest BCUT2D eigenvalue weighted by molar-refractivity contribution is -0.258. The lowest BCUT2D eigenvalue weighted by atomic mass is 9.96. The smallest absolute Gasteiger partial charge is 0.421 e. The number of alkyl halides is 3. The molecule has 1 aliphatic rings. The van der Waals surface area contributed by atoms with E-state index in [2.05, 4.69) is 0 Å². The zero-order valence-electron chi connectivity index (χ0n) is 17.7. The standard InChI is InChI=1S/C21H24F4N2O4S/c1-14-13-26(18-9-6-16(22)12-19(18)31-3)10-11-27(14)32(29,30)17-7-4-15(5-8-17)20(2,28)21(23,24)25/h4-9,12,14,28H,10-11,13H2,1-3H3/t14-,20?/m1/s1. The van der Waals surface area contributed by atoms with Gasteiger partial charge in [-0.2, -0.15) is 17.5 Å². The Labute approximate surface area is 184 Å². The molecule has 3 rings (SSSR count). The van der Waals surface area contributed by atoms with Crippen molar-refractivity contribution < 1.29 is 35.8 Å². The SMILES string of the molecule is COc1cc(F)ccc1N1CCN(S(=O)(=O)c2ccc(C(C)(O)C(F)(F)F)cc2)[C@H](C)C1. The Hall–Kier alpha value is -2.37. The predicted octanol–water partition coefficient (Wildman–Crippen LogP) is 3.50. The third kappa shape index (κ3) is 4.41. The Morgan fingerprint density at radius 1 is 1.09 bits per heavy atom. The van der Waals surface area contributed by atoms with Crippen LogP contribution in [0.4, 0.5) is 23.2 Å². The van der Waals surface area contributed by atoms with Gasteiger partial charge in [-0.05, 0) is 43.7 Å². The Morgan fingerprint density at radius 3 is 2.25 bits per heavy atom. The van der Waals surface area contributed by atoms with Crippen LogP contribution in [0.5, 0.6) is 5.75 Å². The van der Waals surface area contributed by atoms with Gasteiger partial charge in [0.15, 0.2) is 5.60 Å². The van der Waals surface area contributed by atoms with Crippen LogP contribution < -0.4 is 9.64 Å². The third-order valence-corrected chi connectivity index (χ3v) is 7.65. The number of ether oxygens (including phenoxy) is 1. The summed E-state index contributed by atoms with van der Waals surface area (Å²) in [6.45, 7) is 3.06. The second-order valence-electron chi connectivity index (χ2n) is 7.82. The normalized spacial score (nSPS) is 20.1. The Morgan fingerprint density at radius 2 is 1.72 bits per heavy atom. The first kappa shape index (κ1) is 24.3. The predicted molar refractivity (Wildman–Crippen MR) is 111 cm³/mol. The lowest BCUT2D eigenvalue weighted by Gasteiger charge is -2.40. The molecule has 176 valence electrons. The molecule has 0 aliphatic carbocycles. The van der Waals surface area contributed by atoms with Crippen molar-refractivity contribution in [2.24, 2.45) is 0 Å². The maximum atomic E-state index is 13.5. The highest BCUT2D eigenvalue weighted by Gasteiger charge is 2.51. The number of rotatable bonds is 5. The van der Waals surface area contributed by atoms with E-state index in [9.17, 15) is 31.1 Å². The van der Waals surface area contributed by atoms with Crippen molar-refractivity contribution in [3.05, 3.63) is 53.8 Å². The number of hydrogen-bond donors (Lipinski definition) is 1. The summed E-state index contributed by atoms with van der Waals surface area (Å²) >= 11 is 0. The average molecular weight is 476 g/mol. The number of halogens is 4. The molecule has 0 aromatic heterocycles. The molecule has 0 spiro atoms. The summed E-state index contributed by atoms with van der Waals surface area (Å²) in [5.41, 5.74) is -2.91. The number of piperazine rings is 1. The number of hydrogen-bond acceptors (Lipinski definition) is 5. The lowest BCUT2D eigenvalue weighted by Crippen LogP contribution is -2.54. The minimum absolute atomic E-state index is 0.117. The molecule has 2 aromatic rings. The maximum Gasteiger partial charge on any atom is 0.421 e. The van der Waals surface area contributed by atoms with Crippen LogP contribution in [0.25, 0.3) is 0 Å². The van der Waals surface area contributed by atoms with Crippen LogP contribution in [0.15, 0.2) is 47.4 Å². The number of sulfonamides is 1. The molecule has 0 radical (unpaired) electrons. The highest BCUT2D eigenvalue weighted by atomic mass is 32.2. The maximum absolute atomic E-state index is 13.5. The van der Waals surface area contributed by atoms with Gasteiger partial charge >= 0.3 is 6.18 Å². The summed E-state index contributed by atoms with van der Waals surface area (Å²) in [5, 5.41) is 9.78. The van der Waals surface area contributed by atoms with Crippen LogP contribution in [-0.2, 0) is 15.6 Å². The fraction of sp³-hybridized carbons (Fsp3) is 0.429. The quantitative estimate of drug-likeness (QED) is 0.669. The summed E-state index contributed by atoms with van der Waals surface area (Å²) < 4.78 is 85.3. The third-order valence-electron chi connectivity index (χ3n) is 5.62. The van der Waals surface area contributed by atoms with Gasteiger partial charge < -0.3 is 14.7 Å². The summed E-state index contributed by atoms with van der Waals surface area (Å²) in [6, 6.07) is 7.69. The topological polar surface area (TPSA) is 70.1 Å². The zero-order valence-corrected chi connectivity index (χ0v) is 18.5. The van der Waals surface area contributed by atoms with E-state index in [1.54, 1.807) is 13.0 Å². The molecule has 1 heterocycles. The number of anilines is 1. The zero-order chi connectivity index (χ0) is 23.9. The molecule has 1 fully saturated rings. The Kier molecular flexibility index (Phi) is 6.47. The molecule has 1 N–H and O–H groups in total. The van der Waals surface area contributed by atoms with Gasteiger partial charge in [-0.3, -0.25) is 0 Å². The van der Waals surface area contributed by atoms with Crippen LogP contribution in [0, 0.1) is 5.82 Å². The molecule has 0 bridgehead atoms. The Bertz CT molecular complexity index is 1070. The van der Waals surface area contributed by atoms with E-state index >= 15 is 0 Å². The largest absolute Gasteiger partial charge is 0.494 e. The number of nitrogens with zero attached hydrogens (tertiary/aromatic N) is 2. The van der Waals surface area contributed by atoms with E-state index in [0.717, 1.165) is 24.3 Å². The highest BCUT2D eigenvalue weighted by Crippen LogP contribution is 2.39. The summed E-state index contributed by atoms with van der Waals surface area (Å²) in [7, 11) is -2.57. The molecule has 1 saturated heterocycles. The van der Waals surface area contributed by atoms with E-state index in [4.69, 9.17) is 4.74 Å². The van der Waals surface area contributed by atoms with Gasteiger partial charge in [0.2, 0.25) is 10.0 Å². The molecule has 32 heavy (non-hydrogen) atoms. The van der Waals surface area contributed by atoms with Gasteiger partial charge in [0.05, 0.1) is 17.7 Å².